The lowest BCUT2D eigenvalue weighted by atomic mass is 10.1. The van der Waals surface area contributed by atoms with E-state index in [0.29, 0.717) is 11.1 Å². The number of hydrogen-bond acceptors (Lipinski definition) is 2. The van der Waals surface area contributed by atoms with Gasteiger partial charge in [0.1, 0.15) is 0 Å². The van der Waals surface area contributed by atoms with E-state index in [1.807, 2.05) is 36.4 Å². The zero-order chi connectivity index (χ0) is 16.3. The van der Waals surface area contributed by atoms with Crippen LogP contribution in [-0.2, 0) is 15.6 Å². The molecule has 1 unspecified atom stereocenters. The first-order valence-corrected chi connectivity index (χ1v) is 8.92. The van der Waals surface area contributed by atoms with Crippen molar-refractivity contribution in [3.63, 3.8) is 0 Å². The summed E-state index contributed by atoms with van der Waals surface area (Å²) in [5.41, 5.74) is 1.22. The molecule has 1 atom stereocenters. The van der Waals surface area contributed by atoms with Crippen molar-refractivity contribution >= 4 is 20.6 Å². The van der Waals surface area contributed by atoms with Crippen LogP contribution in [0, 0.1) is 6.57 Å². The molecule has 0 bridgehead atoms. The van der Waals surface area contributed by atoms with Crippen LogP contribution in [-0.4, -0.2) is 8.42 Å². The van der Waals surface area contributed by atoms with Crippen LogP contribution in [0.2, 0.25) is 0 Å². The summed E-state index contributed by atoms with van der Waals surface area (Å²) in [6.45, 7) is 7.37. The second-order valence-electron chi connectivity index (χ2n) is 5.38. The Morgan fingerprint density at radius 2 is 1.52 bits per heavy atom. The van der Waals surface area contributed by atoms with Gasteiger partial charge in [-0.2, -0.15) is 0 Å². The standard InChI is InChI=1S/C19H15NO2S/c1-20-19(23(21,22)14-15-7-3-2-4-8-15)18-12-11-16-9-5-6-10-17(16)13-18/h2-13,19H,14H2. The topological polar surface area (TPSA) is 38.5 Å². The van der Waals surface area contributed by atoms with Crippen molar-refractivity contribution in [3.05, 3.63) is 95.3 Å². The van der Waals surface area contributed by atoms with Crippen LogP contribution in [0.5, 0.6) is 0 Å². The van der Waals surface area contributed by atoms with Crippen molar-refractivity contribution in [2.24, 2.45) is 0 Å². The minimum absolute atomic E-state index is 0.131. The molecule has 3 aromatic rings. The lowest BCUT2D eigenvalue weighted by Gasteiger charge is -2.09. The fourth-order valence-electron chi connectivity index (χ4n) is 2.61. The monoisotopic (exact) mass is 321 g/mol. The normalized spacial score (nSPS) is 12.7. The van der Waals surface area contributed by atoms with Crippen LogP contribution in [0.25, 0.3) is 15.6 Å². The fraction of sp³-hybridized carbons (Fsp3) is 0.105. The van der Waals surface area contributed by atoms with Gasteiger partial charge in [0.05, 0.1) is 11.3 Å². The minimum Gasteiger partial charge on any atom is -0.291 e. The van der Waals surface area contributed by atoms with Gasteiger partial charge in [-0.1, -0.05) is 60.7 Å². The number of benzene rings is 3. The Balaban J connectivity index is 1.99. The maximum atomic E-state index is 12.7. The molecule has 114 valence electrons. The lowest BCUT2D eigenvalue weighted by molar-refractivity contribution is 0.589. The van der Waals surface area contributed by atoms with E-state index < -0.39 is 15.2 Å². The first kappa shape index (κ1) is 15.3. The summed E-state index contributed by atoms with van der Waals surface area (Å²) in [6.07, 6.45) is 0. The van der Waals surface area contributed by atoms with Gasteiger partial charge in [0.2, 0.25) is 9.84 Å². The highest BCUT2D eigenvalue weighted by Crippen LogP contribution is 2.29. The van der Waals surface area contributed by atoms with Gasteiger partial charge in [-0.05, 0) is 28.5 Å². The van der Waals surface area contributed by atoms with Crippen LogP contribution < -0.4 is 0 Å². The molecular weight excluding hydrogens is 306 g/mol. The molecule has 0 saturated heterocycles. The molecule has 0 aliphatic carbocycles. The van der Waals surface area contributed by atoms with E-state index in [-0.39, 0.29) is 5.75 Å². The summed E-state index contributed by atoms with van der Waals surface area (Å²) in [5, 5.41) is 0.793. The predicted molar refractivity (Wildman–Crippen MR) is 92.4 cm³/mol. The molecule has 0 heterocycles. The Morgan fingerprint density at radius 1 is 0.870 bits per heavy atom. The number of nitrogens with zero attached hydrogens (tertiary/aromatic N) is 1. The number of rotatable bonds is 4. The fourth-order valence-corrected chi connectivity index (χ4v) is 4.15. The molecule has 0 aliphatic heterocycles. The number of hydrogen-bond donors (Lipinski definition) is 0. The number of fused-ring (bicyclic) bond motifs is 1. The molecule has 0 radical (unpaired) electrons. The molecule has 0 spiro atoms. The van der Waals surface area contributed by atoms with E-state index >= 15 is 0 Å². The minimum atomic E-state index is -3.60. The zero-order valence-electron chi connectivity index (χ0n) is 12.4. The second-order valence-corrected chi connectivity index (χ2v) is 7.44. The first-order chi connectivity index (χ1) is 11.1. The predicted octanol–water partition coefficient (Wildman–Crippen LogP) is 4.37. The summed E-state index contributed by atoms with van der Waals surface area (Å²) in [5.74, 6) is -0.131. The van der Waals surface area contributed by atoms with Gasteiger partial charge in [-0.3, -0.25) is 4.85 Å². The Morgan fingerprint density at radius 3 is 2.22 bits per heavy atom. The molecule has 0 saturated carbocycles. The molecule has 4 heteroatoms. The van der Waals surface area contributed by atoms with Crippen LogP contribution >= 0.6 is 0 Å². The average Bonchev–Trinajstić information content (AvgIpc) is 2.55. The van der Waals surface area contributed by atoms with Crippen molar-refractivity contribution in [1.29, 1.82) is 0 Å². The van der Waals surface area contributed by atoms with Crippen LogP contribution in [0.15, 0.2) is 72.8 Å². The Bertz CT molecular complexity index is 973. The maximum absolute atomic E-state index is 12.7. The summed E-state index contributed by atoms with van der Waals surface area (Å²) in [7, 11) is -3.60. The highest BCUT2D eigenvalue weighted by Gasteiger charge is 2.32. The molecule has 0 aromatic heterocycles. The molecule has 3 aromatic carbocycles. The highest BCUT2D eigenvalue weighted by atomic mass is 32.2. The second kappa shape index (κ2) is 6.23. The van der Waals surface area contributed by atoms with Gasteiger partial charge in [0, 0.05) is 0 Å². The molecule has 0 fully saturated rings. The smallest absolute Gasteiger partial charge is 0.291 e. The third-order valence-electron chi connectivity index (χ3n) is 3.73. The summed E-state index contributed by atoms with van der Waals surface area (Å²) in [6, 6.07) is 22.1. The van der Waals surface area contributed by atoms with Gasteiger partial charge < -0.3 is 0 Å². The number of sulfone groups is 1. The van der Waals surface area contributed by atoms with Crippen molar-refractivity contribution in [3.8, 4) is 0 Å². The Hall–Kier alpha value is -2.64. The van der Waals surface area contributed by atoms with E-state index in [1.165, 1.54) is 0 Å². The highest BCUT2D eigenvalue weighted by molar-refractivity contribution is 7.91. The van der Waals surface area contributed by atoms with E-state index in [9.17, 15) is 8.42 Å². The summed E-state index contributed by atoms with van der Waals surface area (Å²) < 4.78 is 25.3. The molecule has 0 aliphatic rings. The average molecular weight is 321 g/mol. The third kappa shape index (κ3) is 3.25. The van der Waals surface area contributed by atoms with Crippen LogP contribution in [0.4, 0.5) is 0 Å². The summed E-state index contributed by atoms with van der Waals surface area (Å²) >= 11 is 0. The Kier molecular flexibility index (Phi) is 4.14. The van der Waals surface area contributed by atoms with E-state index in [4.69, 9.17) is 6.57 Å². The van der Waals surface area contributed by atoms with Gasteiger partial charge in [0.15, 0.2) is 0 Å². The van der Waals surface area contributed by atoms with Crippen molar-refractivity contribution in [2.45, 2.75) is 11.1 Å². The SMILES string of the molecule is [C-]#[N+]C(c1ccc2ccccc2c1)S(=O)(=O)Cc1ccccc1. The molecule has 0 amide bonds. The van der Waals surface area contributed by atoms with Crippen molar-refractivity contribution in [2.75, 3.05) is 0 Å². The van der Waals surface area contributed by atoms with Crippen molar-refractivity contribution < 1.29 is 8.42 Å². The van der Waals surface area contributed by atoms with Crippen LogP contribution in [0.1, 0.15) is 16.5 Å². The lowest BCUT2D eigenvalue weighted by Crippen LogP contribution is -2.12. The quantitative estimate of drug-likeness (QED) is 0.669. The first-order valence-electron chi connectivity index (χ1n) is 7.21. The maximum Gasteiger partial charge on any atom is 0.346 e. The molecule has 23 heavy (non-hydrogen) atoms. The molecule has 3 rings (SSSR count). The van der Waals surface area contributed by atoms with E-state index in [0.717, 1.165) is 10.8 Å². The molecule has 3 nitrogen and oxygen atoms in total. The van der Waals surface area contributed by atoms with Crippen molar-refractivity contribution in [1.82, 2.24) is 0 Å². The molecule has 0 N–H and O–H groups in total. The Labute approximate surface area is 135 Å². The zero-order valence-corrected chi connectivity index (χ0v) is 13.2. The largest absolute Gasteiger partial charge is 0.346 e. The van der Waals surface area contributed by atoms with E-state index in [2.05, 4.69) is 4.85 Å². The van der Waals surface area contributed by atoms with Gasteiger partial charge >= 0.3 is 5.37 Å². The van der Waals surface area contributed by atoms with Gasteiger partial charge in [0.25, 0.3) is 0 Å². The van der Waals surface area contributed by atoms with Gasteiger partial charge in [-0.25, -0.2) is 15.0 Å². The third-order valence-corrected chi connectivity index (χ3v) is 5.52. The summed E-state index contributed by atoms with van der Waals surface area (Å²) in [4.78, 5) is 3.39. The molecular formula is C19H15NO2S. The van der Waals surface area contributed by atoms with Gasteiger partial charge in [-0.15, -0.1) is 0 Å². The van der Waals surface area contributed by atoms with E-state index in [1.54, 1.807) is 36.4 Å². The van der Waals surface area contributed by atoms with Crippen LogP contribution in [0.3, 0.4) is 0 Å².